The summed E-state index contributed by atoms with van der Waals surface area (Å²) in [7, 11) is 4.04. The number of benzene rings is 2. The first kappa shape index (κ1) is 15.0. The molecule has 1 aliphatic heterocycles. The second kappa shape index (κ2) is 6.44. The van der Waals surface area contributed by atoms with Gasteiger partial charge in [-0.1, -0.05) is 30.3 Å². The molecule has 1 N–H and O–H groups in total. The van der Waals surface area contributed by atoms with E-state index < -0.39 is 0 Å². The molecule has 2 aromatic carbocycles. The summed E-state index contributed by atoms with van der Waals surface area (Å²) in [5.74, 6) is 0.123. The Morgan fingerprint density at radius 2 is 1.91 bits per heavy atom. The van der Waals surface area contributed by atoms with Gasteiger partial charge in [0.05, 0.1) is 5.25 Å². The third-order valence-corrected chi connectivity index (χ3v) is 5.18. The van der Waals surface area contributed by atoms with E-state index in [1.807, 2.05) is 26.2 Å². The number of nitrogens with one attached hydrogen (secondary N) is 1. The average molecular weight is 312 g/mol. The van der Waals surface area contributed by atoms with Crippen molar-refractivity contribution >= 4 is 23.4 Å². The minimum atomic E-state index is -0.00144. The number of carbonyl (C=O) groups excluding carboxylic acids is 1. The summed E-state index contributed by atoms with van der Waals surface area (Å²) >= 11 is 1.67. The zero-order valence-electron chi connectivity index (χ0n) is 12.9. The number of amides is 1. The second-order valence-corrected chi connectivity index (χ2v) is 6.94. The summed E-state index contributed by atoms with van der Waals surface area (Å²) in [6.07, 6.45) is 0.826. The molecule has 1 heterocycles. The van der Waals surface area contributed by atoms with Crippen molar-refractivity contribution in [2.24, 2.45) is 0 Å². The standard InChI is InChI=1S/C18H20N2OS/c1-20(2)15-9-7-13(8-10-15)12-19-18(21)17-11-14-5-3-4-6-16(14)22-17/h3-10,17H,11-12H2,1-2H3,(H,19,21). The van der Waals surface area contributed by atoms with Gasteiger partial charge in [0.2, 0.25) is 5.91 Å². The average Bonchev–Trinajstić information content (AvgIpc) is 2.97. The maximum Gasteiger partial charge on any atom is 0.234 e. The van der Waals surface area contributed by atoms with E-state index in [0.29, 0.717) is 6.54 Å². The van der Waals surface area contributed by atoms with Crippen LogP contribution >= 0.6 is 11.8 Å². The summed E-state index contributed by atoms with van der Waals surface area (Å²) in [6.45, 7) is 0.583. The Bertz CT molecular complexity index is 642. The van der Waals surface area contributed by atoms with Crippen LogP contribution in [0.4, 0.5) is 5.69 Å². The fourth-order valence-electron chi connectivity index (χ4n) is 2.54. The molecule has 2 aromatic rings. The molecule has 3 rings (SSSR count). The molecule has 1 atom stereocenters. The number of nitrogens with zero attached hydrogens (tertiary/aromatic N) is 1. The molecule has 0 radical (unpaired) electrons. The molecule has 0 aliphatic carbocycles. The lowest BCUT2D eigenvalue weighted by Crippen LogP contribution is -2.31. The van der Waals surface area contributed by atoms with E-state index in [1.165, 1.54) is 10.5 Å². The van der Waals surface area contributed by atoms with Crippen LogP contribution in [0.5, 0.6) is 0 Å². The molecule has 0 saturated carbocycles. The second-order valence-electron chi connectivity index (χ2n) is 5.70. The Balaban J connectivity index is 1.55. The van der Waals surface area contributed by atoms with Crippen LogP contribution in [0.15, 0.2) is 53.4 Å². The molecule has 0 aromatic heterocycles. The van der Waals surface area contributed by atoms with Gasteiger partial charge in [-0.2, -0.15) is 0 Å². The largest absolute Gasteiger partial charge is 0.378 e. The van der Waals surface area contributed by atoms with E-state index in [2.05, 4.69) is 46.6 Å². The summed E-state index contributed by atoms with van der Waals surface area (Å²) in [5.41, 5.74) is 3.57. The molecular formula is C18H20N2OS. The van der Waals surface area contributed by atoms with Gasteiger partial charge >= 0.3 is 0 Å². The molecule has 0 saturated heterocycles. The lowest BCUT2D eigenvalue weighted by atomic mass is 10.1. The van der Waals surface area contributed by atoms with Crippen molar-refractivity contribution in [3.05, 3.63) is 59.7 Å². The van der Waals surface area contributed by atoms with Crippen LogP contribution in [0, 0.1) is 0 Å². The minimum absolute atomic E-state index is 0.00144. The molecule has 1 unspecified atom stereocenters. The van der Waals surface area contributed by atoms with Crippen LogP contribution in [0.2, 0.25) is 0 Å². The van der Waals surface area contributed by atoms with Crippen LogP contribution in [-0.2, 0) is 17.8 Å². The van der Waals surface area contributed by atoms with Crippen molar-refractivity contribution in [1.82, 2.24) is 5.32 Å². The third-order valence-electron chi connectivity index (χ3n) is 3.86. The van der Waals surface area contributed by atoms with E-state index >= 15 is 0 Å². The van der Waals surface area contributed by atoms with Gasteiger partial charge in [0.1, 0.15) is 0 Å². The van der Waals surface area contributed by atoms with Crippen LogP contribution in [-0.4, -0.2) is 25.3 Å². The molecule has 1 amide bonds. The van der Waals surface area contributed by atoms with Crippen molar-refractivity contribution in [2.75, 3.05) is 19.0 Å². The Hall–Kier alpha value is -1.94. The van der Waals surface area contributed by atoms with Crippen molar-refractivity contribution in [3.8, 4) is 0 Å². The number of thioether (sulfide) groups is 1. The summed E-state index contributed by atoms with van der Waals surface area (Å²) in [6, 6.07) is 16.5. The SMILES string of the molecule is CN(C)c1ccc(CNC(=O)C2Cc3ccccc3S2)cc1. The zero-order chi connectivity index (χ0) is 15.5. The number of fused-ring (bicyclic) bond motifs is 1. The molecule has 4 heteroatoms. The van der Waals surface area contributed by atoms with Crippen LogP contribution < -0.4 is 10.2 Å². The van der Waals surface area contributed by atoms with Crippen LogP contribution in [0.25, 0.3) is 0 Å². The number of hydrogen-bond acceptors (Lipinski definition) is 3. The first-order valence-corrected chi connectivity index (χ1v) is 8.30. The Morgan fingerprint density at radius 3 is 2.59 bits per heavy atom. The van der Waals surface area contributed by atoms with Gasteiger partial charge in [0.15, 0.2) is 0 Å². The Labute approximate surface area is 135 Å². The number of rotatable bonds is 4. The lowest BCUT2D eigenvalue weighted by molar-refractivity contribution is -0.120. The third kappa shape index (κ3) is 3.28. The molecule has 0 fully saturated rings. The monoisotopic (exact) mass is 312 g/mol. The fourth-order valence-corrected chi connectivity index (χ4v) is 3.76. The maximum atomic E-state index is 12.3. The molecular weight excluding hydrogens is 292 g/mol. The van der Waals surface area contributed by atoms with E-state index in [1.54, 1.807) is 11.8 Å². The highest BCUT2D eigenvalue weighted by atomic mass is 32.2. The van der Waals surface area contributed by atoms with Crippen molar-refractivity contribution in [1.29, 1.82) is 0 Å². The molecule has 0 spiro atoms. The first-order chi connectivity index (χ1) is 10.6. The minimum Gasteiger partial charge on any atom is -0.378 e. The van der Waals surface area contributed by atoms with E-state index in [9.17, 15) is 4.79 Å². The first-order valence-electron chi connectivity index (χ1n) is 7.42. The van der Waals surface area contributed by atoms with E-state index in [0.717, 1.165) is 17.7 Å². The van der Waals surface area contributed by atoms with Crippen molar-refractivity contribution in [3.63, 3.8) is 0 Å². The fraction of sp³-hybridized carbons (Fsp3) is 0.278. The van der Waals surface area contributed by atoms with Gasteiger partial charge in [-0.15, -0.1) is 11.8 Å². The quantitative estimate of drug-likeness (QED) is 0.941. The van der Waals surface area contributed by atoms with Gasteiger partial charge in [0.25, 0.3) is 0 Å². The van der Waals surface area contributed by atoms with Crippen LogP contribution in [0.1, 0.15) is 11.1 Å². The van der Waals surface area contributed by atoms with Gasteiger partial charge in [-0.25, -0.2) is 0 Å². The predicted octanol–water partition coefficient (Wildman–Crippen LogP) is 3.09. The normalized spacial score (nSPS) is 16.2. The Morgan fingerprint density at radius 1 is 1.18 bits per heavy atom. The molecule has 22 heavy (non-hydrogen) atoms. The summed E-state index contributed by atoms with van der Waals surface area (Å²) in [5, 5.41) is 3.05. The van der Waals surface area contributed by atoms with Crippen molar-refractivity contribution < 1.29 is 4.79 Å². The molecule has 0 bridgehead atoms. The number of hydrogen-bond donors (Lipinski definition) is 1. The Kier molecular flexibility index (Phi) is 4.39. The van der Waals surface area contributed by atoms with Gasteiger partial charge < -0.3 is 10.2 Å². The highest BCUT2D eigenvalue weighted by Crippen LogP contribution is 2.36. The van der Waals surface area contributed by atoms with Gasteiger partial charge in [-0.05, 0) is 35.7 Å². The topological polar surface area (TPSA) is 32.3 Å². The van der Waals surface area contributed by atoms with Crippen LogP contribution in [0.3, 0.4) is 0 Å². The van der Waals surface area contributed by atoms with Gasteiger partial charge in [-0.3, -0.25) is 4.79 Å². The highest BCUT2D eigenvalue weighted by Gasteiger charge is 2.27. The van der Waals surface area contributed by atoms with E-state index in [4.69, 9.17) is 0 Å². The maximum absolute atomic E-state index is 12.3. The number of carbonyl (C=O) groups is 1. The molecule has 1 aliphatic rings. The lowest BCUT2D eigenvalue weighted by Gasteiger charge is -2.13. The van der Waals surface area contributed by atoms with Crippen molar-refractivity contribution in [2.45, 2.75) is 23.1 Å². The summed E-state index contributed by atoms with van der Waals surface area (Å²) in [4.78, 5) is 15.6. The molecule has 3 nitrogen and oxygen atoms in total. The highest BCUT2D eigenvalue weighted by molar-refractivity contribution is 8.01. The molecule has 114 valence electrons. The number of anilines is 1. The smallest absolute Gasteiger partial charge is 0.234 e. The predicted molar refractivity (Wildman–Crippen MR) is 92.4 cm³/mol. The summed E-state index contributed by atoms with van der Waals surface area (Å²) < 4.78 is 0. The van der Waals surface area contributed by atoms with E-state index in [-0.39, 0.29) is 11.2 Å². The zero-order valence-corrected chi connectivity index (χ0v) is 13.7. The van der Waals surface area contributed by atoms with Gasteiger partial charge in [0, 0.05) is 31.2 Å².